The fourth-order valence-corrected chi connectivity index (χ4v) is 3.16. The highest BCUT2D eigenvalue weighted by molar-refractivity contribution is 14.1. The number of nitrogens with zero attached hydrogens (tertiary/aromatic N) is 3. The minimum absolute atomic E-state index is 0.718. The molecule has 0 saturated heterocycles. The molecule has 0 aliphatic carbocycles. The van der Waals surface area contributed by atoms with Crippen molar-refractivity contribution in [2.45, 2.75) is 0 Å². The predicted molar refractivity (Wildman–Crippen MR) is 88.2 cm³/mol. The number of hydrogen-bond acceptors (Lipinski definition) is 3. The summed E-state index contributed by atoms with van der Waals surface area (Å²) in [6, 6.07) is 14.5. The number of aromatic nitrogens is 3. The maximum Gasteiger partial charge on any atom is 0.195 e. The zero-order valence-electron chi connectivity index (χ0n) is 9.14. The van der Waals surface area contributed by atoms with E-state index in [9.17, 15) is 0 Å². The van der Waals surface area contributed by atoms with Gasteiger partial charge in [0.15, 0.2) is 13.5 Å². The number of fused-ring (bicyclic) bond motifs is 1. The van der Waals surface area contributed by atoms with Crippen LogP contribution in [-0.4, -0.2) is 15.0 Å². The summed E-state index contributed by atoms with van der Waals surface area (Å²) in [5, 5.41) is 2.42. The fourth-order valence-electron chi connectivity index (χ4n) is 1.78. The van der Waals surface area contributed by atoms with E-state index in [2.05, 4.69) is 84.4 Å². The molecule has 0 saturated carbocycles. The Labute approximate surface area is 131 Å². The molecule has 18 heavy (non-hydrogen) atoms. The number of rotatable bonds is 1. The van der Waals surface area contributed by atoms with Gasteiger partial charge in [-0.05, 0) is 16.8 Å². The normalized spacial score (nSPS) is 10.8. The summed E-state index contributed by atoms with van der Waals surface area (Å²) in [6.07, 6.45) is 0. The summed E-state index contributed by atoms with van der Waals surface area (Å²) in [5.41, 5.74) is 1.02. The minimum Gasteiger partial charge on any atom is -0.203 e. The SMILES string of the molecule is Ic1nc(I)nc(-c2ccc3ccccc3c2)n1. The minimum atomic E-state index is 0.718. The average Bonchev–Trinajstić information content (AvgIpc) is 2.37. The molecule has 0 amide bonds. The first-order chi connectivity index (χ1) is 8.72. The molecule has 0 bridgehead atoms. The van der Waals surface area contributed by atoms with Gasteiger partial charge in [0.2, 0.25) is 0 Å². The van der Waals surface area contributed by atoms with E-state index in [1.54, 1.807) is 0 Å². The highest BCUT2D eigenvalue weighted by Gasteiger charge is 2.06. The lowest BCUT2D eigenvalue weighted by Gasteiger charge is -2.03. The van der Waals surface area contributed by atoms with Gasteiger partial charge >= 0.3 is 0 Å². The summed E-state index contributed by atoms with van der Waals surface area (Å²) in [4.78, 5) is 12.9. The Kier molecular flexibility index (Phi) is 3.42. The van der Waals surface area contributed by atoms with Gasteiger partial charge in [-0.25, -0.2) is 9.97 Å². The van der Waals surface area contributed by atoms with E-state index in [1.807, 2.05) is 18.2 Å². The Morgan fingerprint density at radius 1 is 0.722 bits per heavy atom. The van der Waals surface area contributed by atoms with Crippen LogP contribution in [0.5, 0.6) is 0 Å². The van der Waals surface area contributed by atoms with E-state index >= 15 is 0 Å². The first-order valence-corrected chi connectivity index (χ1v) is 7.44. The van der Waals surface area contributed by atoms with E-state index < -0.39 is 0 Å². The van der Waals surface area contributed by atoms with Crippen LogP contribution >= 0.6 is 45.2 Å². The van der Waals surface area contributed by atoms with E-state index in [4.69, 9.17) is 0 Å². The third-order valence-corrected chi connectivity index (χ3v) is 3.55. The molecule has 0 radical (unpaired) electrons. The molecule has 5 heteroatoms. The van der Waals surface area contributed by atoms with Crippen molar-refractivity contribution in [3.05, 3.63) is 50.1 Å². The zero-order chi connectivity index (χ0) is 12.5. The molecule has 3 aromatic rings. The second-order valence-corrected chi connectivity index (χ2v) is 5.69. The lowest BCUT2D eigenvalue weighted by Crippen LogP contribution is -1.98. The molecule has 0 fully saturated rings. The molecule has 88 valence electrons. The van der Waals surface area contributed by atoms with Gasteiger partial charge in [-0.1, -0.05) is 36.4 Å². The summed E-state index contributed by atoms with van der Waals surface area (Å²) in [5.74, 6) is 0.726. The summed E-state index contributed by atoms with van der Waals surface area (Å²) < 4.78 is 1.44. The van der Waals surface area contributed by atoms with E-state index in [-0.39, 0.29) is 0 Å². The lowest BCUT2D eigenvalue weighted by atomic mass is 10.1. The molecule has 3 nitrogen and oxygen atoms in total. The van der Waals surface area contributed by atoms with Crippen molar-refractivity contribution < 1.29 is 0 Å². The van der Waals surface area contributed by atoms with Crippen molar-refractivity contribution in [2.75, 3.05) is 0 Å². The van der Waals surface area contributed by atoms with Crippen LogP contribution in [0.2, 0.25) is 0 Å². The molecule has 1 aromatic heterocycles. The van der Waals surface area contributed by atoms with Gasteiger partial charge in [-0.15, -0.1) is 0 Å². The Bertz CT molecular complexity index is 708. The van der Waals surface area contributed by atoms with Crippen LogP contribution in [-0.2, 0) is 0 Å². The monoisotopic (exact) mass is 459 g/mol. The number of hydrogen-bond donors (Lipinski definition) is 0. The van der Waals surface area contributed by atoms with Crippen LogP contribution in [0.1, 0.15) is 0 Å². The smallest absolute Gasteiger partial charge is 0.195 e. The molecular formula is C13H7I2N3. The molecule has 0 aliphatic heterocycles. The maximum absolute atomic E-state index is 4.37. The average molecular weight is 459 g/mol. The van der Waals surface area contributed by atoms with Crippen molar-refractivity contribution in [3.8, 4) is 11.4 Å². The second kappa shape index (κ2) is 5.04. The molecular weight excluding hydrogens is 452 g/mol. The van der Waals surface area contributed by atoms with Crippen molar-refractivity contribution in [3.63, 3.8) is 0 Å². The highest BCUT2D eigenvalue weighted by atomic mass is 127. The third kappa shape index (κ3) is 2.46. The van der Waals surface area contributed by atoms with Crippen molar-refractivity contribution in [1.82, 2.24) is 15.0 Å². The van der Waals surface area contributed by atoms with Crippen LogP contribution in [0.4, 0.5) is 0 Å². The molecule has 1 heterocycles. The summed E-state index contributed by atoms with van der Waals surface area (Å²) in [7, 11) is 0. The molecule has 0 spiro atoms. The topological polar surface area (TPSA) is 38.7 Å². The zero-order valence-corrected chi connectivity index (χ0v) is 13.5. The van der Waals surface area contributed by atoms with Crippen molar-refractivity contribution >= 4 is 56.0 Å². The molecule has 3 rings (SSSR count). The lowest BCUT2D eigenvalue weighted by molar-refractivity contribution is 0.977. The Morgan fingerprint density at radius 3 is 2.11 bits per heavy atom. The van der Waals surface area contributed by atoms with Crippen molar-refractivity contribution in [2.24, 2.45) is 0 Å². The van der Waals surface area contributed by atoms with Crippen LogP contribution in [0.15, 0.2) is 42.5 Å². The second-order valence-electron chi connectivity index (χ2n) is 3.76. The summed E-state index contributed by atoms with van der Waals surface area (Å²) in [6.45, 7) is 0. The van der Waals surface area contributed by atoms with Gasteiger partial charge in [0.1, 0.15) is 0 Å². The first-order valence-electron chi connectivity index (χ1n) is 5.28. The van der Waals surface area contributed by atoms with E-state index in [1.165, 1.54) is 10.8 Å². The number of halogens is 2. The highest BCUT2D eigenvalue weighted by Crippen LogP contribution is 2.22. The Hall–Kier alpha value is -0.830. The molecule has 0 N–H and O–H groups in total. The molecule has 0 unspecified atom stereocenters. The predicted octanol–water partition coefficient (Wildman–Crippen LogP) is 3.90. The van der Waals surface area contributed by atoms with Gasteiger partial charge < -0.3 is 0 Å². The molecule has 2 aromatic carbocycles. The standard InChI is InChI=1S/C13H7I2N3/c14-12-16-11(17-13(15)18-12)10-6-5-8-3-1-2-4-9(8)7-10/h1-7H. The van der Waals surface area contributed by atoms with Crippen LogP contribution < -0.4 is 0 Å². The van der Waals surface area contributed by atoms with Crippen LogP contribution in [0.3, 0.4) is 0 Å². The van der Waals surface area contributed by atoms with Crippen molar-refractivity contribution in [1.29, 1.82) is 0 Å². The van der Waals surface area contributed by atoms with Crippen LogP contribution in [0, 0.1) is 7.66 Å². The van der Waals surface area contributed by atoms with Gasteiger partial charge in [0.05, 0.1) is 0 Å². The van der Waals surface area contributed by atoms with Crippen LogP contribution in [0.25, 0.3) is 22.2 Å². The summed E-state index contributed by atoms with van der Waals surface area (Å²) >= 11 is 4.22. The van der Waals surface area contributed by atoms with Gasteiger partial charge in [-0.3, -0.25) is 0 Å². The third-order valence-electron chi connectivity index (χ3n) is 2.59. The van der Waals surface area contributed by atoms with E-state index in [0.29, 0.717) is 0 Å². The Morgan fingerprint density at radius 2 is 1.39 bits per heavy atom. The maximum atomic E-state index is 4.37. The largest absolute Gasteiger partial charge is 0.203 e. The fraction of sp³-hybridized carbons (Fsp3) is 0. The molecule has 0 aliphatic rings. The molecule has 0 atom stereocenters. The van der Waals surface area contributed by atoms with Gasteiger partial charge in [-0.2, -0.15) is 4.98 Å². The van der Waals surface area contributed by atoms with Gasteiger partial charge in [0.25, 0.3) is 0 Å². The van der Waals surface area contributed by atoms with Gasteiger partial charge in [0, 0.05) is 50.7 Å². The van der Waals surface area contributed by atoms with E-state index in [0.717, 1.165) is 19.1 Å². The quantitative estimate of drug-likeness (QED) is 0.519. The number of benzene rings is 2. The first kappa shape index (κ1) is 12.2. The Balaban J connectivity index is 2.19.